The Balaban J connectivity index is 2.86. The highest BCUT2D eigenvalue weighted by atomic mass is 16.5. The Bertz CT molecular complexity index is 606. The molecule has 1 atom stereocenters. The van der Waals surface area contributed by atoms with Gasteiger partial charge in [0.25, 0.3) is 0 Å². The Kier molecular flexibility index (Phi) is 7.42. The maximum absolute atomic E-state index is 12.4. The van der Waals surface area contributed by atoms with Crippen LogP contribution in [0.4, 0.5) is 10.5 Å². The highest BCUT2D eigenvalue weighted by Crippen LogP contribution is 2.27. The molecule has 0 aromatic heterocycles. The van der Waals surface area contributed by atoms with Crippen molar-refractivity contribution in [2.24, 2.45) is 0 Å². The first-order valence-corrected chi connectivity index (χ1v) is 8.44. The number of carbonyl (C=O) groups is 2. The number of aryl methyl sites for hydroxylation is 1. The molecule has 6 nitrogen and oxygen atoms in total. The van der Waals surface area contributed by atoms with Gasteiger partial charge in [-0.25, -0.2) is 9.59 Å². The second-order valence-corrected chi connectivity index (χ2v) is 7.29. The maximum Gasteiger partial charge on any atom is 0.330 e. The predicted octanol–water partition coefficient (Wildman–Crippen LogP) is 3.60. The van der Waals surface area contributed by atoms with Crippen LogP contribution in [0.1, 0.15) is 51.7 Å². The molecule has 0 saturated heterocycles. The molecule has 0 bridgehead atoms. The quantitative estimate of drug-likeness (QED) is 0.769. The third-order valence-corrected chi connectivity index (χ3v) is 3.64. The predicted molar refractivity (Wildman–Crippen MR) is 98.9 cm³/mol. The van der Waals surface area contributed by atoms with Crippen molar-refractivity contribution in [2.45, 2.75) is 59.1 Å². The van der Waals surface area contributed by atoms with Crippen LogP contribution in [0.25, 0.3) is 0 Å². The first kappa shape index (κ1) is 21.0. The zero-order valence-electron chi connectivity index (χ0n) is 16.2. The fourth-order valence-corrected chi connectivity index (χ4v) is 2.29. The lowest BCUT2D eigenvalue weighted by atomic mass is 9.98. The van der Waals surface area contributed by atoms with Crippen LogP contribution in [0, 0.1) is 6.92 Å². The van der Waals surface area contributed by atoms with Crippen LogP contribution in [0.15, 0.2) is 18.2 Å². The largest absolute Gasteiger partial charge is 0.467 e. The van der Waals surface area contributed by atoms with Crippen molar-refractivity contribution in [1.82, 2.24) is 5.32 Å². The van der Waals surface area contributed by atoms with E-state index in [0.717, 1.165) is 16.8 Å². The molecule has 0 fully saturated rings. The van der Waals surface area contributed by atoms with Crippen LogP contribution in [0.2, 0.25) is 0 Å². The molecule has 0 spiro atoms. The average molecular weight is 350 g/mol. The minimum Gasteiger partial charge on any atom is -0.467 e. The molecule has 0 aliphatic heterocycles. The summed E-state index contributed by atoms with van der Waals surface area (Å²) in [5.41, 5.74) is 2.33. The van der Waals surface area contributed by atoms with Crippen LogP contribution in [0.3, 0.4) is 0 Å². The summed E-state index contributed by atoms with van der Waals surface area (Å²) in [5.74, 6) is -0.288. The second-order valence-electron chi connectivity index (χ2n) is 7.29. The minimum absolute atomic E-state index is 0.0361. The number of esters is 1. The SMILES string of the molecule is COC(=O)C(COC(C)(C)C)NC(=O)Nc1c(C)cccc1C(C)C. The number of ether oxygens (including phenoxy) is 2. The number of carbonyl (C=O) groups excluding carboxylic acids is 2. The summed E-state index contributed by atoms with van der Waals surface area (Å²) >= 11 is 0. The molecule has 0 heterocycles. The van der Waals surface area contributed by atoms with Gasteiger partial charge in [-0.05, 0) is 44.7 Å². The third-order valence-electron chi connectivity index (χ3n) is 3.64. The van der Waals surface area contributed by atoms with Crippen LogP contribution < -0.4 is 10.6 Å². The zero-order valence-corrected chi connectivity index (χ0v) is 16.2. The molecule has 1 aromatic rings. The van der Waals surface area contributed by atoms with Crippen molar-refractivity contribution in [3.8, 4) is 0 Å². The van der Waals surface area contributed by atoms with Crippen molar-refractivity contribution < 1.29 is 19.1 Å². The summed E-state index contributed by atoms with van der Waals surface area (Å²) in [6, 6.07) is 4.53. The van der Waals surface area contributed by atoms with Gasteiger partial charge >= 0.3 is 12.0 Å². The fourth-order valence-electron chi connectivity index (χ4n) is 2.29. The van der Waals surface area contributed by atoms with Gasteiger partial charge in [0.15, 0.2) is 6.04 Å². The highest BCUT2D eigenvalue weighted by Gasteiger charge is 2.25. The molecule has 6 heteroatoms. The van der Waals surface area contributed by atoms with E-state index in [1.54, 1.807) is 0 Å². The molecule has 2 N–H and O–H groups in total. The number of nitrogens with one attached hydrogen (secondary N) is 2. The lowest BCUT2D eigenvalue weighted by molar-refractivity contribution is -0.145. The van der Waals surface area contributed by atoms with Crippen molar-refractivity contribution in [3.05, 3.63) is 29.3 Å². The number of rotatable bonds is 6. The zero-order chi connectivity index (χ0) is 19.2. The van der Waals surface area contributed by atoms with Gasteiger partial charge in [0.1, 0.15) is 0 Å². The van der Waals surface area contributed by atoms with Gasteiger partial charge in [0.05, 0.1) is 19.3 Å². The summed E-state index contributed by atoms with van der Waals surface area (Å²) in [6.45, 7) is 11.7. The van der Waals surface area contributed by atoms with Gasteiger partial charge in [-0.3, -0.25) is 0 Å². The van der Waals surface area contributed by atoms with Gasteiger partial charge < -0.3 is 20.1 Å². The Morgan fingerprint density at radius 3 is 2.36 bits per heavy atom. The van der Waals surface area contributed by atoms with Gasteiger partial charge in [-0.2, -0.15) is 0 Å². The van der Waals surface area contributed by atoms with Crippen LogP contribution in [0.5, 0.6) is 0 Å². The van der Waals surface area contributed by atoms with Crippen LogP contribution >= 0.6 is 0 Å². The third kappa shape index (κ3) is 6.74. The number of amides is 2. The maximum atomic E-state index is 12.4. The van der Waals surface area contributed by atoms with E-state index < -0.39 is 23.6 Å². The van der Waals surface area contributed by atoms with E-state index in [1.165, 1.54) is 7.11 Å². The summed E-state index contributed by atoms with van der Waals surface area (Å²) in [7, 11) is 1.28. The molecular formula is C19H30N2O4. The Morgan fingerprint density at radius 1 is 1.20 bits per heavy atom. The van der Waals surface area contributed by atoms with Crippen molar-refractivity contribution >= 4 is 17.7 Å². The van der Waals surface area contributed by atoms with Gasteiger partial charge in [-0.1, -0.05) is 32.0 Å². The minimum atomic E-state index is -0.879. The first-order chi connectivity index (χ1) is 11.5. The van der Waals surface area contributed by atoms with Gasteiger partial charge in [-0.15, -0.1) is 0 Å². The highest BCUT2D eigenvalue weighted by molar-refractivity contribution is 5.94. The van der Waals surface area contributed by atoms with E-state index in [-0.39, 0.29) is 12.5 Å². The lowest BCUT2D eigenvalue weighted by Crippen LogP contribution is -2.47. The van der Waals surface area contributed by atoms with Crippen molar-refractivity contribution in [3.63, 3.8) is 0 Å². The van der Waals surface area contributed by atoms with E-state index in [9.17, 15) is 9.59 Å². The smallest absolute Gasteiger partial charge is 0.330 e. The van der Waals surface area contributed by atoms with Crippen LogP contribution in [-0.4, -0.2) is 37.4 Å². The molecule has 0 aliphatic carbocycles. The number of urea groups is 1. The monoisotopic (exact) mass is 350 g/mol. The number of anilines is 1. The standard InChI is InChI=1S/C19H30N2O4/c1-12(2)14-10-8-9-13(3)16(14)21-18(23)20-15(17(22)24-7)11-25-19(4,5)6/h8-10,12,15H,11H2,1-7H3,(H2,20,21,23). The molecule has 1 aromatic carbocycles. The molecule has 0 radical (unpaired) electrons. The number of methoxy groups -OCH3 is 1. The molecule has 1 rings (SSSR count). The molecular weight excluding hydrogens is 320 g/mol. The number of hydrogen-bond acceptors (Lipinski definition) is 4. The number of benzene rings is 1. The van der Waals surface area contributed by atoms with E-state index in [2.05, 4.69) is 24.5 Å². The van der Waals surface area contributed by atoms with E-state index in [0.29, 0.717) is 0 Å². The van der Waals surface area contributed by atoms with Crippen LogP contribution in [-0.2, 0) is 14.3 Å². The summed E-state index contributed by atoms with van der Waals surface area (Å²) in [5, 5.41) is 5.49. The molecule has 0 aliphatic rings. The van der Waals surface area contributed by atoms with Gasteiger partial charge in [0, 0.05) is 5.69 Å². The number of para-hydroxylation sites is 1. The second kappa shape index (κ2) is 8.85. The summed E-state index contributed by atoms with van der Waals surface area (Å²) < 4.78 is 10.4. The Labute approximate surface area is 150 Å². The molecule has 140 valence electrons. The summed E-state index contributed by atoms with van der Waals surface area (Å²) in [6.07, 6.45) is 0. The lowest BCUT2D eigenvalue weighted by Gasteiger charge is -2.24. The van der Waals surface area contributed by atoms with Gasteiger partial charge in [0.2, 0.25) is 0 Å². The molecule has 1 unspecified atom stereocenters. The van der Waals surface area contributed by atoms with E-state index >= 15 is 0 Å². The average Bonchev–Trinajstić information content (AvgIpc) is 2.51. The topological polar surface area (TPSA) is 76.7 Å². The van der Waals surface area contributed by atoms with Crippen molar-refractivity contribution in [1.29, 1.82) is 0 Å². The van der Waals surface area contributed by atoms with E-state index in [4.69, 9.17) is 9.47 Å². The fraction of sp³-hybridized carbons (Fsp3) is 0.579. The Hall–Kier alpha value is -2.08. The molecule has 0 saturated carbocycles. The Morgan fingerprint density at radius 2 is 1.84 bits per heavy atom. The summed E-state index contributed by atoms with van der Waals surface area (Å²) in [4.78, 5) is 24.3. The molecule has 2 amide bonds. The van der Waals surface area contributed by atoms with E-state index in [1.807, 2.05) is 45.9 Å². The number of hydrogen-bond donors (Lipinski definition) is 2. The first-order valence-electron chi connectivity index (χ1n) is 8.44. The normalized spacial score (nSPS) is 12.6. The molecule has 25 heavy (non-hydrogen) atoms. The van der Waals surface area contributed by atoms with Crippen molar-refractivity contribution in [2.75, 3.05) is 19.0 Å².